The van der Waals surface area contributed by atoms with Crippen molar-refractivity contribution in [3.63, 3.8) is 0 Å². The Hall–Kier alpha value is -3.48. The third-order valence-corrected chi connectivity index (χ3v) is 6.54. The average Bonchev–Trinajstić information content (AvgIpc) is 2.84. The number of ketones is 1. The van der Waals surface area contributed by atoms with Crippen molar-refractivity contribution in [2.45, 2.75) is 52.5 Å². The van der Waals surface area contributed by atoms with Gasteiger partial charge in [-0.25, -0.2) is 4.98 Å². The summed E-state index contributed by atoms with van der Waals surface area (Å²) in [6.45, 7) is 14.8. The zero-order valence-electron chi connectivity index (χ0n) is 21.0. The molecular formula is C28H36N4O3. The highest BCUT2D eigenvalue weighted by molar-refractivity contribution is 5.99. The first-order valence-electron chi connectivity index (χ1n) is 12.3. The number of allylic oxidation sites excluding steroid dienone is 2. The number of aromatic nitrogens is 2. The quantitative estimate of drug-likeness (QED) is 0.410. The lowest BCUT2D eigenvalue weighted by Crippen LogP contribution is -2.41. The molecule has 3 rings (SSSR count). The summed E-state index contributed by atoms with van der Waals surface area (Å²) in [7, 11) is 0. The largest absolute Gasteiger partial charge is 0.352 e. The highest BCUT2D eigenvalue weighted by Gasteiger charge is 2.29. The van der Waals surface area contributed by atoms with Crippen molar-refractivity contribution in [1.82, 2.24) is 19.8 Å². The zero-order valence-corrected chi connectivity index (χ0v) is 21.0. The molecule has 0 spiro atoms. The molecule has 1 aliphatic rings. The number of nitrogens with one attached hydrogen (secondary N) is 1. The summed E-state index contributed by atoms with van der Waals surface area (Å²) >= 11 is 0. The third-order valence-electron chi connectivity index (χ3n) is 6.54. The molecule has 0 radical (unpaired) electrons. The molecule has 2 heterocycles. The van der Waals surface area contributed by atoms with Crippen LogP contribution in [0, 0.1) is 11.8 Å². The van der Waals surface area contributed by atoms with Gasteiger partial charge in [0.15, 0.2) is 5.78 Å². The number of carbonyl (C=O) groups excluding carboxylic acids is 2. The first-order chi connectivity index (χ1) is 16.7. The van der Waals surface area contributed by atoms with Crippen LogP contribution in [0.15, 0.2) is 66.3 Å². The molecule has 1 N–H and O–H groups in total. The second kappa shape index (κ2) is 11.8. The highest BCUT2D eigenvalue weighted by atomic mass is 16.2. The van der Waals surface area contributed by atoms with Crippen LogP contribution >= 0.6 is 0 Å². The highest BCUT2D eigenvalue weighted by Crippen LogP contribution is 2.24. The minimum atomic E-state index is -0.159. The van der Waals surface area contributed by atoms with E-state index in [1.54, 1.807) is 24.5 Å². The lowest BCUT2D eigenvalue weighted by atomic mass is 9.88. The maximum atomic E-state index is 13.0. The molecule has 0 unspecified atom stereocenters. The summed E-state index contributed by atoms with van der Waals surface area (Å²) in [5, 5.41) is 0.563. The normalized spacial score (nSPS) is 15.8. The molecule has 1 aromatic carbocycles. The number of hydrogen-bond acceptors (Lipinski definition) is 5. The lowest BCUT2D eigenvalue weighted by Gasteiger charge is -2.32. The van der Waals surface area contributed by atoms with Crippen LogP contribution in [0.5, 0.6) is 0 Å². The Balaban J connectivity index is 1.55. The Bertz CT molecular complexity index is 1170. The molecule has 35 heavy (non-hydrogen) atoms. The number of amides is 1. The zero-order chi connectivity index (χ0) is 25.5. The predicted octanol–water partition coefficient (Wildman–Crippen LogP) is 4.22. The van der Waals surface area contributed by atoms with Gasteiger partial charge in [0.1, 0.15) is 5.82 Å². The standard InChI is InChI=1S/C28H36N4O3/c1-6-21(18-31(7-2)19(3)4)27(34)22-12-14-32(15-13-22)26(33)17-20(5)16-25-29-24-11-9-8-10-23(24)28(35)30-25/h6-11,18-20,22H,1-2,12-17H2,3-5H3,(H,29,30,35)/b21-18+/t20-/m0/s1. The van der Waals surface area contributed by atoms with Crippen molar-refractivity contribution in [1.29, 1.82) is 0 Å². The predicted molar refractivity (Wildman–Crippen MR) is 140 cm³/mol. The van der Waals surface area contributed by atoms with Gasteiger partial charge in [-0.1, -0.05) is 38.3 Å². The summed E-state index contributed by atoms with van der Waals surface area (Å²) in [6, 6.07) is 7.43. The second-order valence-corrected chi connectivity index (χ2v) is 9.57. The number of fused-ring (bicyclic) bond motifs is 1. The van der Waals surface area contributed by atoms with E-state index < -0.39 is 0 Å². The Kier molecular flexibility index (Phi) is 8.79. The van der Waals surface area contributed by atoms with Crippen LogP contribution in [-0.4, -0.2) is 50.6 Å². The number of H-pyrrole nitrogens is 1. The number of piperidine rings is 1. The number of para-hydroxylation sites is 1. The number of rotatable bonds is 10. The molecule has 0 bridgehead atoms. The molecule has 0 aliphatic carbocycles. The van der Waals surface area contributed by atoms with E-state index in [-0.39, 0.29) is 35.1 Å². The molecule has 186 valence electrons. The fourth-order valence-electron chi connectivity index (χ4n) is 4.48. The topological polar surface area (TPSA) is 86.4 Å². The van der Waals surface area contributed by atoms with E-state index >= 15 is 0 Å². The fraction of sp³-hybridized carbons (Fsp3) is 0.429. The van der Waals surface area contributed by atoms with Gasteiger partial charge in [0.2, 0.25) is 5.91 Å². The van der Waals surface area contributed by atoms with Crippen LogP contribution in [0.2, 0.25) is 0 Å². The minimum absolute atomic E-state index is 0.0300. The van der Waals surface area contributed by atoms with Crippen molar-refractivity contribution in [3.8, 4) is 0 Å². The van der Waals surface area contributed by atoms with Crippen LogP contribution < -0.4 is 5.56 Å². The lowest BCUT2D eigenvalue weighted by molar-refractivity contribution is -0.135. The summed E-state index contributed by atoms with van der Waals surface area (Å²) in [6.07, 6.45) is 7.27. The van der Waals surface area contributed by atoms with Gasteiger partial charge in [0, 0.05) is 49.7 Å². The van der Waals surface area contributed by atoms with E-state index in [4.69, 9.17) is 0 Å². The van der Waals surface area contributed by atoms with Gasteiger partial charge >= 0.3 is 0 Å². The summed E-state index contributed by atoms with van der Waals surface area (Å²) < 4.78 is 0. The van der Waals surface area contributed by atoms with Crippen LogP contribution in [0.4, 0.5) is 0 Å². The van der Waals surface area contributed by atoms with Crippen LogP contribution in [0.1, 0.15) is 45.9 Å². The maximum absolute atomic E-state index is 13.0. The number of hydrogen-bond donors (Lipinski definition) is 1. The van der Waals surface area contributed by atoms with Gasteiger partial charge < -0.3 is 14.8 Å². The SMILES string of the molecule is C=C/C(=C\N(C=C)C(C)C)C(=O)C1CCN(C(=O)C[C@@H](C)Cc2nc3ccccc3c(=O)[nH]2)CC1. The van der Waals surface area contributed by atoms with Gasteiger partial charge in [-0.05, 0) is 50.9 Å². The maximum Gasteiger partial charge on any atom is 0.258 e. The van der Waals surface area contributed by atoms with E-state index in [0.29, 0.717) is 61.1 Å². The molecule has 1 amide bonds. The molecule has 7 heteroatoms. The van der Waals surface area contributed by atoms with Crippen molar-refractivity contribution in [3.05, 3.63) is 77.7 Å². The number of nitrogens with zero attached hydrogens (tertiary/aromatic N) is 3. The Morgan fingerprint density at radius 3 is 2.51 bits per heavy atom. The number of likely N-dealkylation sites (tertiary alicyclic amines) is 1. The van der Waals surface area contributed by atoms with E-state index in [1.165, 1.54) is 0 Å². The molecule has 7 nitrogen and oxygen atoms in total. The minimum Gasteiger partial charge on any atom is -0.352 e. The van der Waals surface area contributed by atoms with E-state index in [0.717, 1.165) is 0 Å². The average molecular weight is 477 g/mol. The third kappa shape index (κ3) is 6.56. The summed E-state index contributed by atoms with van der Waals surface area (Å²) in [5.74, 6) is 0.647. The van der Waals surface area contributed by atoms with Crippen molar-refractivity contribution >= 4 is 22.6 Å². The molecule has 1 saturated heterocycles. The van der Waals surface area contributed by atoms with Gasteiger partial charge in [0.05, 0.1) is 10.9 Å². The van der Waals surface area contributed by atoms with E-state index in [1.807, 2.05) is 48.8 Å². The summed E-state index contributed by atoms with van der Waals surface area (Å²) in [4.78, 5) is 49.4. The molecule has 1 aliphatic heterocycles. The molecule has 1 fully saturated rings. The number of Topliss-reactive ketones (excluding diaryl/α,β-unsaturated/α-hetero) is 1. The Morgan fingerprint density at radius 1 is 1.20 bits per heavy atom. The molecule has 1 aromatic heterocycles. The van der Waals surface area contributed by atoms with E-state index in [9.17, 15) is 14.4 Å². The first-order valence-corrected chi connectivity index (χ1v) is 12.3. The van der Waals surface area contributed by atoms with Gasteiger partial charge in [-0.15, -0.1) is 0 Å². The smallest absolute Gasteiger partial charge is 0.258 e. The van der Waals surface area contributed by atoms with E-state index in [2.05, 4.69) is 23.1 Å². The number of carbonyl (C=O) groups is 2. The molecular weight excluding hydrogens is 440 g/mol. The monoisotopic (exact) mass is 476 g/mol. The summed E-state index contributed by atoms with van der Waals surface area (Å²) in [5.41, 5.74) is 1.08. The molecule has 2 aromatic rings. The Morgan fingerprint density at radius 2 is 1.89 bits per heavy atom. The number of aromatic amines is 1. The number of benzene rings is 1. The molecule has 1 atom stereocenters. The van der Waals surface area contributed by atoms with Gasteiger partial charge in [0.25, 0.3) is 5.56 Å². The second-order valence-electron chi connectivity index (χ2n) is 9.57. The van der Waals surface area contributed by atoms with Crippen molar-refractivity contribution < 1.29 is 9.59 Å². The Labute approximate surface area is 207 Å². The fourth-order valence-corrected chi connectivity index (χ4v) is 4.48. The van der Waals surface area contributed by atoms with Crippen molar-refractivity contribution in [2.75, 3.05) is 13.1 Å². The van der Waals surface area contributed by atoms with Crippen LogP contribution in [0.25, 0.3) is 10.9 Å². The van der Waals surface area contributed by atoms with Gasteiger partial charge in [-0.3, -0.25) is 14.4 Å². The molecule has 0 saturated carbocycles. The van der Waals surface area contributed by atoms with Crippen LogP contribution in [0.3, 0.4) is 0 Å². The first kappa shape index (κ1) is 26.1. The van der Waals surface area contributed by atoms with Crippen molar-refractivity contribution in [2.24, 2.45) is 11.8 Å². The van der Waals surface area contributed by atoms with Crippen LogP contribution in [-0.2, 0) is 16.0 Å². The van der Waals surface area contributed by atoms with Gasteiger partial charge in [-0.2, -0.15) is 0 Å².